The summed E-state index contributed by atoms with van der Waals surface area (Å²) < 4.78 is -1.77. The van der Waals surface area contributed by atoms with Crippen LogP contribution in [0.1, 0.15) is 12.8 Å². The number of halogens is 6. The number of allylic oxidation sites excluding steroid dienone is 2. The molecule has 0 aliphatic heterocycles. The molecule has 2 bridgehead atoms. The summed E-state index contributed by atoms with van der Waals surface area (Å²) in [6, 6.07) is 0. The highest BCUT2D eigenvalue weighted by atomic mass is 35.5. The fourth-order valence-corrected chi connectivity index (χ4v) is 7.39. The van der Waals surface area contributed by atoms with Crippen LogP contribution in [0.5, 0.6) is 0 Å². The van der Waals surface area contributed by atoms with Crippen LogP contribution < -0.4 is 0 Å². The lowest BCUT2D eigenvalue weighted by Crippen LogP contribution is -2.47. The maximum atomic E-state index is 11.5. The van der Waals surface area contributed by atoms with Gasteiger partial charge in [0.15, 0.2) is 4.33 Å². The fraction of sp³-hybridized carbons (Fsp3) is 0.692. The first kappa shape index (κ1) is 18.2. The molecule has 0 heterocycles. The summed E-state index contributed by atoms with van der Waals surface area (Å²) in [5, 5.41) is 18.7. The van der Waals surface area contributed by atoms with Gasteiger partial charge in [-0.15, -0.1) is 23.2 Å². The number of hydrogen-bond acceptors (Lipinski definition) is 2. The molecule has 0 aromatic carbocycles. The summed E-state index contributed by atoms with van der Waals surface area (Å²) in [5.74, 6) is -5.88. The van der Waals surface area contributed by atoms with Gasteiger partial charge in [-0.05, 0) is 24.7 Å². The molecule has 4 nitrogen and oxygen atoms in total. The molecule has 0 aromatic rings. The lowest BCUT2D eigenvalue weighted by Gasteiger charge is -2.43. The molecule has 0 aromatic heterocycles. The zero-order valence-corrected chi connectivity index (χ0v) is 15.7. The molecule has 6 unspecified atom stereocenters. The zero-order valence-electron chi connectivity index (χ0n) is 11.2. The molecule has 0 amide bonds. The molecule has 23 heavy (non-hydrogen) atoms. The van der Waals surface area contributed by atoms with E-state index in [4.69, 9.17) is 69.6 Å². The smallest absolute Gasteiger partial charge is 0.307 e. The molecule has 2 saturated carbocycles. The predicted octanol–water partition coefficient (Wildman–Crippen LogP) is 4.26. The Kier molecular flexibility index (Phi) is 4.13. The molecule has 2 fully saturated rings. The van der Waals surface area contributed by atoms with Crippen molar-refractivity contribution in [2.24, 2.45) is 23.7 Å². The Hall–Kier alpha value is 0.420. The maximum Gasteiger partial charge on any atom is 0.307 e. The Morgan fingerprint density at radius 2 is 1.13 bits per heavy atom. The summed E-state index contributed by atoms with van der Waals surface area (Å²) in [5.41, 5.74) is 0. The molecule has 3 aliphatic rings. The van der Waals surface area contributed by atoms with Crippen molar-refractivity contribution >= 4 is 81.5 Å². The van der Waals surface area contributed by atoms with Crippen molar-refractivity contribution in [3.8, 4) is 0 Å². The fourth-order valence-electron chi connectivity index (χ4n) is 4.28. The number of alkyl halides is 4. The predicted molar refractivity (Wildman–Crippen MR) is 88.8 cm³/mol. The monoisotopic (exact) mass is 440 g/mol. The second-order valence-electron chi connectivity index (χ2n) is 6.20. The van der Waals surface area contributed by atoms with Crippen LogP contribution in [0.2, 0.25) is 0 Å². The summed E-state index contributed by atoms with van der Waals surface area (Å²) in [6.07, 6.45) is -0.0902. The van der Waals surface area contributed by atoms with Crippen LogP contribution in [0.25, 0.3) is 0 Å². The Bertz CT molecular complexity index is 596. The van der Waals surface area contributed by atoms with Crippen molar-refractivity contribution in [3.63, 3.8) is 0 Å². The largest absolute Gasteiger partial charge is 0.481 e. The highest BCUT2D eigenvalue weighted by molar-refractivity contribution is 6.65. The molecule has 0 saturated heterocycles. The number of fused-ring (bicyclic) bond motifs is 5. The van der Waals surface area contributed by atoms with Crippen LogP contribution >= 0.6 is 69.6 Å². The number of carboxylic acid groups (broad SMARTS) is 2. The average Bonchev–Trinajstić information content (AvgIpc) is 2.67. The quantitative estimate of drug-likeness (QED) is 0.626. The van der Waals surface area contributed by atoms with Gasteiger partial charge in [0.05, 0.1) is 21.9 Å². The van der Waals surface area contributed by atoms with E-state index < -0.39 is 49.7 Å². The minimum absolute atomic E-state index is 0.00000268. The number of rotatable bonds is 2. The maximum absolute atomic E-state index is 11.5. The van der Waals surface area contributed by atoms with Crippen LogP contribution in [0.3, 0.4) is 0 Å². The summed E-state index contributed by atoms with van der Waals surface area (Å²) in [7, 11) is 0. The molecule has 2 N–H and O–H groups in total. The SMILES string of the molecule is O=C(O)C1CC2C(CC1C(=O)O)C1(Cl)C(Cl)=C(Cl)C2(Cl)C1(Cl)Cl. The Balaban J connectivity index is 2.15. The second kappa shape index (κ2) is 5.21. The highest BCUT2D eigenvalue weighted by Crippen LogP contribution is 2.78. The lowest BCUT2D eigenvalue weighted by molar-refractivity contribution is -0.158. The van der Waals surface area contributed by atoms with E-state index in [0.717, 1.165) is 0 Å². The van der Waals surface area contributed by atoms with Crippen molar-refractivity contribution in [2.75, 3.05) is 0 Å². The third-order valence-corrected chi connectivity index (χ3v) is 9.74. The first-order valence-electron chi connectivity index (χ1n) is 6.69. The van der Waals surface area contributed by atoms with Crippen molar-refractivity contribution in [1.29, 1.82) is 0 Å². The average molecular weight is 443 g/mol. The Morgan fingerprint density at radius 1 is 0.826 bits per heavy atom. The van der Waals surface area contributed by atoms with Gasteiger partial charge in [-0.2, -0.15) is 0 Å². The standard InChI is InChI=1S/C13H10Cl6O4/c14-7-8(15)12(17)6-2-4(10(22)23)3(9(20)21)1-5(6)11(7,16)13(12,18)19/h3-6H,1-2H2,(H,20,21)(H,22,23). The topological polar surface area (TPSA) is 74.6 Å². The van der Waals surface area contributed by atoms with Crippen molar-refractivity contribution in [1.82, 2.24) is 0 Å². The molecule has 3 rings (SSSR count). The number of carbonyl (C=O) groups is 2. The number of hydrogen-bond donors (Lipinski definition) is 2. The van der Waals surface area contributed by atoms with Gasteiger partial charge in [0.25, 0.3) is 0 Å². The van der Waals surface area contributed by atoms with Gasteiger partial charge in [-0.3, -0.25) is 9.59 Å². The van der Waals surface area contributed by atoms with Crippen LogP contribution in [0.4, 0.5) is 0 Å². The molecule has 10 heteroatoms. The van der Waals surface area contributed by atoms with E-state index in [1.807, 2.05) is 0 Å². The van der Waals surface area contributed by atoms with E-state index in [2.05, 4.69) is 0 Å². The third-order valence-electron chi connectivity index (χ3n) is 5.39. The van der Waals surface area contributed by atoms with E-state index in [9.17, 15) is 19.8 Å². The van der Waals surface area contributed by atoms with Gasteiger partial charge in [0, 0.05) is 0 Å². The first-order valence-corrected chi connectivity index (χ1v) is 8.96. The van der Waals surface area contributed by atoms with Crippen molar-refractivity contribution in [2.45, 2.75) is 26.9 Å². The molecular weight excluding hydrogens is 433 g/mol. The normalized spacial score (nSPS) is 47.6. The molecule has 0 spiro atoms. The van der Waals surface area contributed by atoms with E-state index in [1.54, 1.807) is 0 Å². The van der Waals surface area contributed by atoms with E-state index in [0.29, 0.717) is 0 Å². The van der Waals surface area contributed by atoms with Crippen molar-refractivity contribution in [3.05, 3.63) is 10.1 Å². The number of aliphatic carboxylic acids is 2. The minimum atomic E-state index is -1.77. The summed E-state index contributed by atoms with van der Waals surface area (Å²) in [4.78, 5) is 19.9. The van der Waals surface area contributed by atoms with Gasteiger partial charge in [0.1, 0.15) is 9.75 Å². The number of carboxylic acids is 2. The van der Waals surface area contributed by atoms with Gasteiger partial charge >= 0.3 is 11.9 Å². The Labute approximate surface area is 161 Å². The van der Waals surface area contributed by atoms with Crippen LogP contribution in [-0.2, 0) is 9.59 Å². The zero-order chi connectivity index (χ0) is 17.5. The van der Waals surface area contributed by atoms with Gasteiger partial charge in [0.2, 0.25) is 0 Å². The second-order valence-corrected chi connectivity index (χ2v) is 9.48. The molecular formula is C13H10Cl6O4. The molecule has 3 aliphatic carbocycles. The van der Waals surface area contributed by atoms with E-state index in [1.165, 1.54) is 0 Å². The summed E-state index contributed by atoms with van der Waals surface area (Å²) >= 11 is 38.6. The molecule has 6 atom stereocenters. The summed E-state index contributed by atoms with van der Waals surface area (Å²) in [6.45, 7) is 0. The highest BCUT2D eigenvalue weighted by Gasteiger charge is 2.83. The lowest BCUT2D eigenvalue weighted by atomic mass is 9.64. The minimum Gasteiger partial charge on any atom is -0.481 e. The van der Waals surface area contributed by atoms with Crippen molar-refractivity contribution < 1.29 is 19.8 Å². The van der Waals surface area contributed by atoms with Crippen LogP contribution in [0, 0.1) is 23.7 Å². The van der Waals surface area contributed by atoms with Gasteiger partial charge in [-0.1, -0.05) is 46.4 Å². The first-order chi connectivity index (χ1) is 10.4. The Morgan fingerprint density at radius 3 is 1.39 bits per heavy atom. The van der Waals surface area contributed by atoms with Crippen LogP contribution in [-0.4, -0.2) is 36.2 Å². The van der Waals surface area contributed by atoms with Gasteiger partial charge < -0.3 is 10.2 Å². The van der Waals surface area contributed by atoms with Gasteiger partial charge in [-0.25, -0.2) is 0 Å². The molecule has 0 radical (unpaired) electrons. The third kappa shape index (κ3) is 1.89. The van der Waals surface area contributed by atoms with Crippen LogP contribution in [0.15, 0.2) is 10.1 Å². The van der Waals surface area contributed by atoms with E-state index >= 15 is 0 Å². The van der Waals surface area contributed by atoms with E-state index in [-0.39, 0.29) is 22.9 Å². The molecule has 128 valence electrons.